The van der Waals surface area contributed by atoms with Crippen molar-refractivity contribution in [3.8, 4) is 0 Å². The number of benzene rings is 2. The Hall–Kier alpha value is -3.31. The Balaban J connectivity index is 1.87. The van der Waals surface area contributed by atoms with Crippen molar-refractivity contribution in [3.05, 3.63) is 64.2 Å². The zero-order chi connectivity index (χ0) is 20.7. The smallest absolute Gasteiger partial charge is 0.270 e. The number of hydrogen-bond acceptors (Lipinski definition) is 6. The molecule has 0 heterocycles. The van der Waals surface area contributed by atoms with E-state index in [0.717, 1.165) is 6.07 Å². The van der Waals surface area contributed by atoms with Crippen molar-refractivity contribution in [1.82, 2.24) is 10.0 Å². The Morgan fingerprint density at radius 2 is 1.75 bits per heavy atom. The van der Waals surface area contributed by atoms with Gasteiger partial charge in [0.25, 0.3) is 11.6 Å². The van der Waals surface area contributed by atoms with Crippen LogP contribution in [0, 0.1) is 10.1 Å². The van der Waals surface area contributed by atoms with Gasteiger partial charge in [0, 0.05) is 43.4 Å². The Morgan fingerprint density at radius 1 is 1.07 bits per heavy atom. The van der Waals surface area contributed by atoms with Crippen LogP contribution < -0.4 is 15.4 Å². The fraction of sp³-hybridized carbons (Fsp3) is 0.176. The average molecular weight is 406 g/mol. The molecule has 2 rings (SSSR count). The van der Waals surface area contributed by atoms with Crippen molar-refractivity contribution in [2.24, 2.45) is 0 Å². The van der Waals surface area contributed by atoms with E-state index in [4.69, 9.17) is 0 Å². The zero-order valence-electron chi connectivity index (χ0n) is 14.8. The van der Waals surface area contributed by atoms with Crippen molar-refractivity contribution in [1.29, 1.82) is 0 Å². The number of carbonyl (C=O) groups excluding carboxylic acids is 2. The lowest BCUT2D eigenvalue weighted by Gasteiger charge is -2.09. The third-order valence-electron chi connectivity index (χ3n) is 3.51. The molecule has 148 valence electrons. The number of nitro benzene ring substituents is 1. The quantitative estimate of drug-likeness (QED) is 0.341. The fourth-order valence-electron chi connectivity index (χ4n) is 2.22. The molecule has 2 amide bonds. The summed E-state index contributed by atoms with van der Waals surface area (Å²) >= 11 is 0. The second kappa shape index (κ2) is 9.06. The highest BCUT2D eigenvalue weighted by Gasteiger charge is 2.17. The summed E-state index contributed by atoms with van der Waals surface area (Å²) in [4.78, 5) is 32.8. The summed E-state index contributed by atoms with van der Waals surface area (Å²) in [7, 11) is -3.94. The van der Waals surface area contributed by atoms with E-state index in [1.165, 1.54) is 37.3 Å². The molecule has 0 aromatic heterocycles. The summed E-state index contributed by atoms with van der Waals surface area (Å²) < 4.78 is 26.6. The number of rotatable bonds is 8. The molecule has 2 aromatic carbocycles. The topological polar surface area (TPSA) is 148 Å². The van der Waals surface area contributed by atoms with Gasteiger partial charge in [-0.05, 0) is 30.3 Å². The molecule has 28 heavy (non-hydrogen) atoms. The van der Waals surface area contributed by atoms with Crippen LogP contribution in [0.2, 0.25) is 0 Å². The van der Waals surface area contributed by atoms with Gasteiger partial charge in [0.1, 0.15) is 0 Å². The molecule has 2 aromatic rings. The first-order valence-corrected chi connectivity index (χ1v) is 9.57. The number of anilines is 1. The largest absolute Gasteiger partial charge is 0.351 e. The number of hydrogen-bond donors (Lipinski definition) is 3. The van der Waals surface area contributed by atoms with Crippen molar-refractivity contribution in [2.45, 2.75) is 11.8 Å². The summed E-state index contributed by atoms with van der Waals surface area (Å²) in [5.41, 5.74) is 0.559. The van der Waals surface area contributed by atoms with Crippen LogP contribution in [-0.4, -0.2) is 38.2 Å². The SMILES string of the molecule is CC(=O)Nc1ccc(C(=O)NCCNS(=O)(=O)c2cccc([N+](=O)[O-])c2)cc1. The maximum atomic E-state index is 12.2. The van der Waals surface area contributed by atoms with Crippen molar-refractivity contribution in [3.63, 3.8) is 0 Å². The molecule has 0 spiro atoms. The van der Waals surface area contributed by atoms with E-state index in [-0.39, 0.29) is 29.6 Å². The number of nitrogens with one attached hydrogen (secondary N) is 3. The van der Waals surface area contributed by atoms with Gasteiger partial charge in [0.2, 0.25) is 15.9 Å². The molecule has 0 aliphatic carbocycles. The fourth-order valence-corrected chi connectivity index (χ4v) is 3.29. The number of sulfonamides is 1. The van der Waals surface area contributed by atoms with Gasteiger partial charge in [-0.15, -0.1) is 0 Å². The molecule has 0 unspecified atom stereocenters. The first kappa shape index (κ1) is 21.0. The first-order chi connectivity index (χ1) is 13.2. The molecule has 3 N–H and O–H groups in total. The molecule has 0 saturated carbocycles. The molecule has 10 nitrogen and oxygen atoms in total. The lowest BCUT2D eigenvalue weighted by atomic mass is 10.2. The molecule has 0 aliphatic rings. The van der Waals surface area contributed by atoms with E-state index in [2.05, 4.69) is 15.4 Å². The van der Waals surface area contributed by atoms with Crippen LogP contribution in [0.5, 0.6) is 0 Å². The highest BCUT2D eigenvalue weighted by molar-refractivity contribution is 7.89. The lowest BCUT2D eigenvalue weighted by molar-refractivity contribution is -0.385. The second-order valence-corrected chi connectivity index (χ2v) is 7.43. The number of nitro groups is 1. The molecule has 0 aliphatic heterocycles. The van der Waals surface area contributed by atoms with Crippen LogP contribution in [0.3, 0.4) is 0 Å². The van der Waals surface area contributed by atoms with Gasteiger partial charge in [-0.25, -0.2) is 13.1 Å². The van der Waals surface area contributed by atoms with E-state index in [9.17, 15) is 28.1 Å². The minimum Gasteiger partial charge on any atom is -0.351 e. The van der Waals surface area contributed by atoms with Gasteiger partial charge in [0.05, 0.1) is 9.82 Å². The summed E-state index contributed by atoms with van der Waals surface area (Å²) in [6.07, 6.45) is 0. The molecule has 0 bridgehead atoms. The van der Waals surface area contributed by atoms with E-state index in [1.54, 1.807) is 12.1 Å². The first-order valence-electron chi connectivity index (χ1n) is 8.09. The molecule has 0 saturated heterocycles. The second-order valence-electron chi connectivity index (χ2n) is 5.67. The van der Waals surface area contributed by atoms with Gasteiger partial charge >= 0.3 is 0 Å². The predicted octanol–water partition coefficient (Wildman–Crippen LogP) is 1.26. The van der Waals surface area contributed by atoms with E-state index < -0.39 is 20.9 Å². The Bertz CT molecular complexity index is 989. The van der Waals surface area contributed by atoms with Gasteiger partial charge < -0.3 is 10.6 Å². The highest BCUT2D eigenvalue weighted by Crippen LogP contribution is 2.16. The summed E-state index contributed by atoms with van der Waals surface area (Å²) in [6, 6.07) is 10.8. The monoisotopic (exact) mass is 406 g/mol. The third kappa shape index (κ3) is 5.86. The van der Waals surface area contributed by atoms with Crippen LogP contribution in [0.4, 0.5) is 11.4 Å². The number of nitrogens with zero attached hydrogens (tertiary/aromatic N) is 1. The Morgan fingerprint density at radius 3 is 2.36 bits per heavy atom. The summed E-state index contributed by atoms with van der Waals surface area (Å²) in [5.74, 6) is -0.642. The number of carbonyl (C=O) groups is 2. The van der Waals surface area contributed by atoms with Crippen LogP contribution in [0.15, 0.2) is 53.4 Å². The van der Waals surface area contributed by atoms with Gasteiger partial charge in [-0.2, -0.15) is 0 Å². The molecular weight excluding hydrogens is 388 g/mol. The Labute approximate surface area is 161 Å². The van der Waals surface area contributed by atoms with Crippen molar-refractivity contribution < 1.29 is 22.9 Å². The minimum absolute atomic E-state index is 0.0143. The Kier molecular flexibility index (Phi) is 6.79. The molecule has 0 radical (unpaired) electrons. The van der Waals surface area contributed by atoms with E-state index in [1.807, 2.05) is 0 Å². The van der Waals surface area contributed by atoms with E-state index in [0.29, 0.717) is 11.3 Å². The maximum Gasteiger partial charge on any atom is 0.270 e. The molecule has 0 atom stereocenters. The molecular formula is C17H18N4O6S. The van der Waals surface area contributed by atoms with Crippen LogP contribution in [0.25, 0.3) is 0 Å². The maximum absolute atomic E-state index is 12.2. The van der Waals surface area contributed by atoms with Gasteiger partial charge in [-0.1, -0.05) is 6.07 Å². The molecule has 11 heteroatoms. The summed E-state index contributed by atoms with van der Waals surface area (Å²) in [6.45, 7) is 1.29. The normalized spacial score (nSPS) is 10.9. The predicted molar refractivity (Wildman–Crippen MR) is 101 cm³/mol. The minimum atomic E-state index is -3.94. The van der Waals surface area contributed by atoms with E-state index >= 15 is 0 Å². The van der Waals surface area contributed by atoms with Crippen LogP contribution >= 0.6 is 0 Å². The van der Waals surface area contributed by atoms with Crippen molar-refractivity contribution in [2.75, 3.05) is 18.4 Å². The number of non-ortho nitro benzene ring substituents is 1. The van der Waals surface area contributed by atoms with Crippen LogP contribution in [0.1, 0.15) is 17.3 Å². The highest BCUT2D eigenvalue weighted by atomic mass is 32.2. The number of amides is 2. The van der Waals surface area contributed by atoms with Gasteiger partial charge in [0.15, 0.2) is 0 Å². The van der Waals surface area contributed by atoms with Crippen molar-refractivity contribution >= 4 is 33.2 Å². The summed E-state index contributed by atoms with van der Waals surface area (Å²) in [5, 5.41) is 15.9. The van der Waals surface area contributed by atoms with Crippen LogP contribution in [-0.2, 0) is 14.8 Å². The lowest BCUT2D eigenvalue weighted by Crippen LogP contribution is -2.34. The average Bonchev–Trinajstić information content (AvgIpc) is 2.65. The van der Waals surface area contributed by atoms with Gasteiger partial charge in [-0.3, -0.25) is 19.7 Å². The zero-order valence-corrected chi connectivity index (χ0v) is 15.7. The standard InChI is InChI=1S/C17H18N4O6S/c1-12(22)20-14-7-5-13(6-8-14)17(23)18-9-10-19-28(26,27)16-4-2-3-15(11-16)21(24)25/h2-8,11,19H,9-10H2,1H3,(H,18,23)(H,20,22). The third-order valence-corrected chi connectivity index (χ3v) is 4.97. The molecule has 0 fully saturated rings.